The first-order chi connectivity index (χ1) is 32.0. The van der Waals surface area contributed by atoms with Crippen LogP contribution in [0.1, 0.15) is 213 Å². The fourth-order valence-corrected chi connectivity index (χ4v) is 6.61. The number of unbranched alkanes of at least 4 members (excludes halogenated alkanes) is 14. The highest BCUT2D eigenvalue weighted by atomic mass is 16.6. The molecule has 0 amide bonds. The largest absolute Gasteiger partial charge is 0.462 e. The number of esters is 3. The first kappa shape index (κ1) is 60.8. The van der Waals surface area contributed by atoms with Crippen LogP contribution >= 0.6 is 0 Å². The number of rotatable bonds is 45. The van der Waals surface area contributed by atoms with Crippen molar-refractivity contribution >= 4 is 17.9 Å². The van der Waals surface area contributed by atoms with Crippen molar-refractivity contribution < 1.29 is 28.6 Å². The molecule has 65 heavy (non-hydrogen) atoms. The van der Waals surface area contributed by atoms with E-state index in [4.69, 9.17) is 14.2 Å². The van der Waals surface area contributed by atoms with Gasteiger partial charge in [-0.2, -0.15) is 0 Å². The van der Waals surface area contributed by atoms with Gasteiger partial charge in [-0.1, -0.05) is 206 Å². The summed E-state index contributed by atoms with van der Waals surface area (Å²) >= 11 is 0. The molecule has 0 aromatic heterocycles. The lowest BCUT2D eigenvalue weighted by atomic mass is 10.1. The van der Waals surface area contributed by atoms with E-state index in [0.29, 0.717) is 19.3 Å². The lowest BCUT2D eigenvalue weighted by Crippen LogP contribution is -2.30. The fraction of sp³-hybridized carbons (Fsp3) is 0.610. The first-order valence-electron chi connectivity index (χ1n) is 26.0. The maximum absolute atomic E-state index is 12.7. The Morgan fingerprint density at radius 3 is 0.969 bits per heavy atom. The van der Waals surface area contributed by atoms with Crippen LogP contribution in [0.4, 0.5) is 0 Å². The summed E-state index contributed by atoms with van der Waals surface area (Å²) in [5.41, 5.74) is 0. The molecular formula is C59H94O6. The fourth-order valence-electron chi connectivity index (χ4n) is 6.61. The average Bonchev–Trinajstić information content (AvgIpc) is 3.30. The predicted molar refractivity (Wildman–Crippen MR) is 279 cm³/mol. The van der Waals surface area contributed by atoms with Crippen LogP contribution in [-0.4, -0.2) is 37.2 Å². The van der Waals surface area contributed by atoms with Gasteiger partial charge in [0.05, 0.1) is 0 Å². The van der Waals surface area contributed by atoms with Crippen LogP contribution in [0.15, 0.2) is 122 Å². The van der Waals surface area contributed by atoms with Gasteiger partial charge in [0.25, 0.3) is 0 Å². The molecule has 0 fully saturated rings. The molecular weight excluding hydrogens is 805 g/mol. The van der Waals surface area contributed by atoms with Crippen LogP contribution < -0.4 is 0 Å². The Kier molecular flexibility index (Phi) is 49.1. The molecule has 0 N–H and O–H groups in total. The number of hydrogen-bond donors (Lipinski definition) is 0. The molecule has 0 aromatic rings. The normalized spacial score (nSPS) is 13.1. The molecule has 0 rings (SSSR count). The topological polar surface area (TPSA) is 78.9 Å². The highest BCUT2D eigenvalue weighted by molar-refractivity contribution is 5.71. The van der Waals surface area contributed by atoms with Gasteiger partial charge in [0.15, 0.2) is 6.10 Å². The zero-order valence-electron chi connectivity index (χ0n) is 41.7. The van der Waals surface area contributed by atoms with E-state index in [-0.39, 0.29) is 37.5 Å². The van der Waals surface area contributed by atoms with Gasteiger partial charge in [0.1, 0.15) is 13.2 Å². The summed E-state index contributed by atoms with van der Waals surface area (Å²) in [6.07, 6.45) is 72.0. The van der Waals surface area contributed by atoms with Crippen molar-refractivity contribution in [1.82, 2.24) is 0 Å². The molecule has 366 valence electrons. The standard InChI is InChI=1S/C59H94O6/c1-4-7-10-13-16-18-20-22-24-25-26-27-28-29-30-31-32-33-35-36-38-40-43-46-49-52-58(61)64-55-56(54-63-57(60)51-48-45-42-15-12-9-6-3)65-59(62)53-50-47-44-41-39-37-34-23-21-19-17-14-11-8-5-2/h7-8,10-11,16-19,22-24,26-27,29-30,32-34,39,41,56H,4-6,9,12-15,20-21,25,28,31,35-38,40,42-55H2,1-3H3/b10-7-,11-8-,18-16-,19-17-,24-22-,27-26-,30-29-,33-32-,34-23-,41-39-. The second-order valence-corrected chi connectivity index (χ2v) is 16.7. The smallest absolute Gasteiger partial charge is 0.306 e. The van der Waals surface area contributed by atoms with Crippen molar-refractivity contribution in [3.05, 3.63) is 122 Å². The molecule has 0 saturated heterocycles. The van der Waals surface area contributed by atoms with Crippen molar-refractivity contribution in [2.45, 2.75) is 219 Å². The van der Waals surface area contributed by atoms with Crippen LogP contribution in [0, 0.1) is 0 Å². The summed E-state index contributed by atoms with van der Waals surface area (Å²) in [6, 6.07) is 0. The summed E-state index contributed by atoms with van der Waals surface area (Å²) in [7, 11) is 0. The van der Waals surface area contributed by atoms with E-state index < -0.39 is 6.10 Å². The van der Waals surface area contributed by atoms with E-state index in [0.717, 1.165) is 128 Å². The van der Waals surface area contributed by atoms with Gasteiger partial charge in [0.2, 0.25) is 0 Å². The minimum atomic E-state index is -0.806. The molecule has 0 aliphatic rings. The molecule has 0 heterocycles. The second kappa shape index (κ2) is 52.4. The van der Waals surface area contributed by atoms with Gasteiger partial charge < -0.3 is 14.2 Å². The van der Waals surface area contributed by atoms with Gasteiger partial charge in [-0.15, -0.1) is 0 Å². The van der Waals surface area contributed by atoms with Crippen molar-refractivity contribution in [1.29, 1.82) is 0 Å². The van der Waals surface area contributed by atoms with Crippen molar-refractivity contribution in [2.75, 3.05) is 13.2 Å². The van der Waals surface area contributed by atoms with Crippen molar-refractivity contribution in [3.63, 3.8) is 0 Å². The molecule has 0 radical (unpaired) electrons. The maximum atomic E-state index is 12.7. The van der Waals surface area contributed by atoms with E-state index >= 15 is 0 Å². The molecule has 0 aliphatic heterocycles. The molecule has 6 heteroatoms. The molecule has 6 nitrogen and oxygen atoms in total. The highest BCUT2D eigenvalue weighted by Gasteiger charge is 2.19. The molecule has 0 saturated carbocycles. The van der Waals surface area contributed by atoms with E-state index in [1.54, 1.807) is 0 Å². The maximum Gasteiger partial charge on any atom is 0.306 e. The van der Waals surface area contributed by atoms with Crippen LogP contribution in [0.5, 0.6) is 0 Å². The van der Waals surface area contributed by atoms with Crippen molar-refractivity contribution in [2.24, 2.45) is 0 Å². The predicted octanol–water partition coefficient (Wildman–Crippen LogP) is 17.3. The monoisotopic (exact) mass is 899 g/mol. The SMILES string of the molecule is CC/C=C\C/C=C\C/C=C\C/C=C\C/C=C\C/C=C\CCCCCCCCC(=O)OCC(COC(=O)CCCCCCCCC)OC(=O)CCCC/C=C\C/C=C\C/C=C\C/C=C\CC. The Morgan fingerprint density at radius 2 is 0.600 bits per heavy atom. The number of carbonyl (C=O) groups excluding carboxylic acids is 3. The van der Waals surface area contributed by atoms with Gasteiger partial charge in [-0.25, -0.2) is 0 Å². The Hall–Kier alpha value is -4.19. The Labute approximate surface area is 399 Å². The summed E-state index contributed by atoms with van der Waals surface area (Å²) in [5.74, 6) is -0.975. The summed E-state index contributed by atoms with van der Waals surface area (Å²) in [5, 5.41) is 0. The van der Waals surface area contributed by atoms with E-state index in [1.165, 1.54) is 38.5 Å². The molecule has 1 unspecified atom stereocenters. The number of hydrogen-bond acceptors (Lipinski definition) is 6. The Morgan fingerprint density at radius 1 is 0.323 bits per heavy atom. The molecule has 0 spiro atoms. The molecule has 0 aromatic carbocycles. The van der Waals surface area contributed by atoms with E-state index in [2.05, 4.69) is 142 Å². The second-order valence-electron chi connectivity index (χ2n) is 16.7. The van der Waals surface area contributed by atoms with Gasteiger partial charge in [-0.05, 0) is 109 Å². The minimum absolute atomic E-state index is 0.102. The van der Waals surface area contributed by atoms with Gasteiger partial charge >= 0.3 is 17.9 Å². The zero-order valence-corrected chi connectivity index (χ0v) is 41.7. The lowest BCUT2D eigenvalue weighted by molar-refractivity contribution is -0.167. The van der Waals surface area contributed by atoms with Gasteiger partial charge in [0, 0.05) is 19.3 Å². The Balaban J connectivity index is 4.32. The Bertz CT molecular complexity index is 1400. The van der Waals surface area contributed by atoms with Crippen LogP contribution in [0.2, 0.25) is 0 Å². The highest BCUT2D eigenvalue weighted by Crippen LogP contribution is 2.12. The number of ether oxygens (including phenoxy) is 3. The third-order valence-corrected chi connectivity index (χ3v) is 10.5. The number of allylic oxidation sites excluding steroid dienone is 20. The van der Waals surface area contributed by atoms with Crippen LogP contribution in [0.3, 0.4) is 0 Å². The van der Waals surface area contributed by atoms with Crippen LogP contribution in [-0.2, 0) is 28.6 Å². The zero-order chi connectivity index (χ0) is 47.2. The quantitative estimate of drug-likeness (QED) is 0.0262. The minimum Gasteiger partial charge on any atom is -0.462 e. The summed E-state index contributed by atoms with van der Waals surface area (Å²) in [4.78, 5) is 37.8. The van der Waals surface area contributed by atoms with Crippen LogP contribution in [0.25, 0.3) is 0 Å². The molecule has 1 atom stereocenters. The van der Waals surface area contributed by atoms with E-state index in [1.807, 2.05) is 0 Å². The lowest BCUT2D eigenvalue weighted by Gasteiger charge is -2.18. The summed E-state index contributed by atoms with van der Waals surface area (Å²) in [6.45, 7) is 6.30. The third kappa shape index (κ3) is 50.7. The number of carbonyl (C=O) groups is 3. The molecule has 0 aliphatic carbocycles. The van der Waals surface area contributed by atoms with Gasteiger partial charge in [-0.3, -0.25) is 14.4 Å². The molecule has 0 bridgehead atoms. The third-order valence-electron chi connectivity index (χ3n) is 10.5. The first-order valence-corrected chi connectivity index (χ1v) is 26.0. The average molecular weight is 899 g/mol. The van der Waals surface area contributed by atoms with Crippen molar-refractivity contribution in [3.8, 4) is 0 Å². The summed E-state index contributed by atoms with van der Waals surface area (Å²) < 4.78 is 16.7. The van der Waals surface area contributed by atoms with E-state index in [9.17, 15) is 14.4 Å².